The molecule has 0 spiro atoms. The number of amides is 1. The van der Waals surface area contributed by atoms with Crippen molar-refractivity contribution in [1.29, 1.82) is 0 Å². The standard InChI is InChI=1S/C13H17F3N2O2/c1-12(17,13(14,15)16)11(19)18(2)8-9-20-10-6-4-3-5-7-10/h3-7H,8-9,17H2,1-2H3. The van der Waals surface area contributed by atoms with Gasteiger partial charge in [-0.05, 0) is 19.1 Å². The van der Waals surface area contributed by atoms with E-state index in [1.54, 1.807) is 24.3 Å². The van der Waals surface area contributed by atoms with E-state index in [1.165, 1.54) is 7.05 Å². The number of ether oxygens (including phenoxy) is 1. The second-order valence-electron chi connectivity index (χ2n) is 4.59. The predicted molar refractivity (Wildman–Crippen MR) is 68.2 cm³/mol. The van der Waals surface area contributed by atoms with Crippen molar-refractivity contribution in [3.05, 3.63) is 30.3 Å². The molecule has 7 heteroatoms. The Bertz CT molecular complexity index is 447. The highest BCUT2D eigenvalue weighted by atomic mass is 19.4. The molecule has 1 amide bonds. The number of halogens is 3. The maximum atomic E-state index is 12.6. The Morgan fingerprint density at radius 3 is 2.35 bits per heavy atom. The quantitative estimate of drug-likeness (QED) is 0.899. The molecule has 2 N–H and O–H groups in total. The van der Waals surface area contributed by atoms with Crippen molar-refractivity contribution in [3.8, 4) is 5.75 Å². The van der Waals surface area contributed by atoms with Gasteiger partial charge in [0.2, 0.25) is 0 Å². The van der Waals surface area contributed by atoms with Crippen molar-refractivity contribution >= 4 is 5.91 Å². The SMILES string of the molecule is CN(CCOc1ccccc1)C(=O)C(C)(N)C(F)(F)F. The molecule has 0 aliphatic carbocycles. The molecule has 1 aromatic rings. The average Bonchev–Trinajstić information content (AvgIpc) is 2.37. The van der Waals surface area contributed by atoms with Gasteiger partial charge in [-0.15, -0.1) is 0 Å². The third-order valence-electron chi connectivity index (χ3n) is 2.82. The minimum atomic E-state index is -4.79. The molecule has 0 saturated carbocycles. The van der Waals surface area contributed by atoms with E-state index in [0.717, 1.165) is 4.90 Å². The summed E-state index contributed by atoms with van der Waals surface area (Å²) < 4.78 is 43.2. The predicted octanol–water partition coefficient (Wildman–Crippen LogP) is 1.80. The molecule has 0 saturated heterocycles. The number of rotatable bonds is 5. The zero-order chi connectivity index (χ0) is 15.4. The maximum Gasteiger partial charge on any atom is 0.415 e. The van der Waals surface area contributed by atoms with Crippen LogP contribution in [0.15, 0.2) is 30.3 Å². The van der Waals surface area contributed by atoms with Gasteiger partial charge in [-0.2, -0.15) is 13.2 Å². The summed E-state index contributed by atoms with van der Waals surface area (Å²) in [4.78, 5) is 12.6. The molecule has 1 aromatic carbocycles. The normalized spacial score (nSPS) is 14.5. The Balaban J connectivity index is 2.51. The first-order valence-corrected chi connectivity index (χ1v) is 5.95. The van der Waals surface area contributed by atoms with E-state index < -0.39 is 17.6 Å². The molecule has 0 fully saturated rings. The van der Waals surface area contributed by atoms with E-state index in [0.29, 0.717) is 12.7 Å². The second kappa shape index (κ2) is 6.13. The van der Waals surface area contributed by atoms with Gasteiger partial charge in [-0.25, -0.2) is 0 Å². The highest BCUT2D eigenvalue weighted by Gasteiger charge is 2.54. The summed E-state index contributed by atoms with van der Waals surface area (Å²) in [7, 11) is 1.26. The third kappa shape index (κ3) is 3.86. The van der Waals surface area contributed by atoms with Crippen LogP contribution in [0.2, 0.25) is 0 Å². The van der Waals surface area contributed by atoms with Gasteiger partial charge in [0.05, 0.1) is 6.54 Å². The van der Waals surface area contributed by atoms with E-state index in [9.17, 15) is 18.0 Å². The van der Waals surface area contributed by atoms with E-state index in [2.05, 4.69) is 0 Å². The fourth-order valence-electron chi connectivity index (χ4n) is 1.44. The van der Waals surface area contributed by atoms with Crippen LogP contribution in [0.4, 0.5) is 13.2 Å². The molecule has 112 valence electrons. The molecule has 4 nitrogen and oxygen atoms in total. The summed E-state index contributed by atoms with van der Waals surface area (Å²) in [6.07, 6.45) is -4.79. The van der Waals surface area contributed by atoms with Crippen LogP contribution < -0.4 is 10.5 Å². The van der Waals surface area contributed by atoms with Gasteiger partial charge >= 0.3 is 6.18 Å². The number of alkyl halides is 3. The van der Waals surface area contributed by atoms with Crippen molar-refractivity contribution in [2.45, 2.75) is 18.6 Å². The second-order valence-corrected chi connectivity index (χ2v) is 4.59. The number of hydrogen-bond donors (Lipinski definition) is 1. The lowest BCUT2D eigenvalue weighted by atomic mass is 10.0. The van der Waals surface area contributed by atoms with E-state index in [1.807, 2.05) is 6.07 Å². The zero-order valence-electron chi connectivity index (χ0n) is 11.3. The molecular weight excluding hydrogens is 273 g/mol. The lowest BCUT2D eigenvalue weighted by Crippen LogP contribution is -2.61. The number of para-hydroxylation sites is 1. The summed E-state index contributed by atoms with van der Waals surface area (Å²) >= 11 is 0. The fraction of sp³-hybridized carbons (Fsp3) is 0.462. The first-order valence-electron chi connectivity index (χ1n) is 5.95. The van der Waals surface area contributed by atoms with Crippen LogP contribution in [0.25, 0.3) is 0 Å². The van der Waals surface area contributed by atoms with Crippen LogP contribution in [0.1, 0.15) is 6.92 Å². The van der Waals surface area contributed by atoms with Crippen LogP contribution in [0.3, 0.4) is 0 Å². The van der Waals surface area contributed by atoms with Crippen LogP contribution in [-0.2, 0) is 4.79 Å². The minimum Gasteiger partial charge on any atom is -0.492 e. The number of benzene rings is 1. The molecule has 1 rings (SSSR count). The van der Waals surface area contributed by atoms with Crippen molar-refractivity contribution in [2.75, 3.05) is 20.2 Å². The minimum absolute atomic E-state index is 0.0105. The maximum absolute atomic E-state index is 12.6. The van der Waals surface area contributed by atoms with E-state index >= 15 is 0 Å². The third-order valence-corrected chi connectivity index (χ3v) is 2.82. The van der Waals surface area contributed by atoms with Crippen molar-refractivity contribution in [1.82, 2.24) is 4.90 Å². The molecule has 0 bridgehead atoms. The Labute approximate surface area is 115 Å². The fourth-order valence-corrected chi connectivity index (χ4v) is 1.44. The van der Waals surface area contributed by atoms with Crippen LogP contribution in [0.5, 0.6) is 5.75 Å². The summed E-state index contributed by atoms with van der Waals surface area (Å²) in [5.41, 5.74) is 2.17. The first-order chi connectivity index (χ1) is 9.16. The molecule has 0 heterocycles. The molecule has 1 atom stereocenters. The van der Waals surface area contributed by atoms with Gasteiger partial charge in [0, 0.05) is 7.05 Å². The number of carbonyl (C=O) groups excluding carboxylic acids is 1. The number of likely N-dealkylation sites (N-methyl/N-ethyl adjacent to an activating group) is 1. The van der Waals surface area contributed by atoms with Crippen LogP contribution in [0, 0.1) is 0 Å². The van der Waals surface area contributed by atoms with E-state index in [4.69, 9.17) is 10.5 Å². The Morgan fingerprint density at radius 2 is 1.85 bits per heavy atom. The Morgan fingerprint density at radius 1 is 1.30 bits per heavy atom. The Hall–Kier alpha value is -1.76. The number of hydrogen-bond acceptors (Lipinski definition) is 3. The Kier molecular flexibility index (Phi) is 4.99. The number of carbonyl (C=O) groups is 1. The zero-order valence-corrected chi connectivity index (χ0v) is 11.3. The van der Waals surface area contributed by atoms with Crippen LogP contribution >= 0.6 is 0 Å². The molecule has 1 unspecified atom stereocenters. The molecule has 0 aromatic heterocycles. The van der Waals surface area contributed by atoms with Gasteiger partial charge in [0.25, 0.3) is 5.91 Å². The molecule has 0 radical (unpaired) electrons. The largest absolute Gasteiger partial charge is 0.492 e. The first kappa shape index (κ1) is 16.3. The summed E-state index contributed by atoms with van der Waals surface area (Å²) in [5.74, 6) is -0.610. The lowest BCUT2D eigenvalue weighted by molar-refractivity contribution is -0.193. The van der Waals surface area contributed by atoms with Crippen molar-refractivity contribution in [3.63, 3.8) is 0 Å². The van der Waals surface area contributed by atoms with E-state index in [-0.39, 0.29) is 13.2 Å². The monoisotopic (exact) mass is 290 g/mol. The van der Waals surface area contributed by atoms with Gasteiger partial charge in [-0.3, -0.25) is 4.79 Å². The van der Waals surface area contributed by atoms with Crippen molar-refractivity contribution in [2.24, 2.45) is 5.73 Å². The highest BCUT2D eigenvalue weighted by molar-refractivity contribution is 5.86. The lowest BCUT2D eigenvalue weighted by Gasteiger charge is -2.30. The number of nitrogens with zero attached hydrogens (tertiary/aromatic N) is 1. The summed E-state index contributed by atoms with van der Waals surface area (Å²) in [6, 6.07) is 8.77. The van der Waals surface area contributed by atoms with Gasteiger partial charge in [0.15, 0.2) is 5.54 Å². The average molecular weight is 290 g/mol. The summed E-state index contributed by atoms with van der Waals surface area (Å²) in [5, 5.41) is 0. The molecule has 0 aliphatic heterocycles. The molecular formula is C13H17F3N2O2. The molecule has 0 aliphatic rings. The topological polar surface area (TPSA) is 55.6 Å². The van der Waals surface area contributed by atoms with Gasteiger partial charge in [-0.1, -0.05) is 18.2 Å². The van der Waals surface area contributed by atoms with Crippen LogP contribution in [-0.4, -0.2) is 42.7 Å². The van der Waals surface area contributed by atoms with Gasteiger partial charge < -0.3 is 15.4 Å². The van der Waals surface area contributed by atoms with Crippen molar-refractivity contribution < 1.29 is 22.7 Å². The smallest absolute Gasteiger partial charge is 0.415 e. The summed E-state index contributed by atoms with van der Waals surface area (Å²) in [6.45, 7) is 0.751. The molecule has 20 heavy (non-hydrogen) atoms. The number of nitrogens with two attached hydrogens (primary N) is 1. The highest BCUT2D eigenvalue weighted by Crippen LogP contribution is 2.29. The van der Waals surface area contributed by atoms with Gasteiger partial charge in [0.1, 0.15) is 12.4 Å².